The highest BCUT2D eigenvalue weighted by Crippen LogP contribution is 2.05. The molecule has 0 aromatic carbocycles. The van der Waals surface area contributed by atoms with Crippen LogP contribution in [0, 0.1) is 0 Å². The van der Waals surface area contributed by atoms with Crippen LogP contribution in [0.15, 0.2) is 12.2 Å². The molecule has 0 heterocycles. The number of rotatable bonds is 0. The molecule has 58 valence electrons. The van der Waals surface area contributed by atoms with Crippen molar-refractivity contribution in [2.75, 3.05) is 0 Å². The zero-order valence-electron chi connectivity index (χ0n) is 5.77. The first-order valence-corrected chi connectivity index (χ1v) is 3.33. The van der Waals surface area contributed by atoms with Crippen LogP contribution in [0.2, 0.25) is 0 Å². The Balaban J connectivity index is 2.69. The second kappa shape index (κ2) is 2.67. The molecule has 8 N–H and O–H groups in total. The summed E-state index contributed by atoms with van der Waals surface area (Å²) in [5.41, 5.74) is 22.4. The Kier molecular flexibility index (Phi) is 2.05. The van der Waals surface area contributed by atoms with Crippen LogP contribution in [0.1, 0.15) is 0 Å². The van der Waals surface area contributed by atoms with Crippen LogP contribution in [0.4, 0.5) is 0 Å². The van der Waals surface area contributed by atoms with Crippen LogP contribution in [-0.4, -0.2) is 24.2 Å². The van der Waals surface area contributed by atoms with Gasteiger partial charge < -0.3 is 22.9 Å². The maximum Gasteiger partial charge on any atom is 0.0401 e. The summed E-state index contributed by atoms with van der Waals surface area (Å²) in [6.07, 6.45) is 3.61. The maximum atomic E-state index is 5.63. The first-order chi connectivity index (χ1) is 4.63. The molecule has 0 bridgehead atoms. The molecule has 4 nitrogen and oxygen atoms in total. The Hall–Kier alpha value is -0.420. The van der Waals surface area contributed by atoms with Gasteiger partial charge in [-0.15, -0.1) is 0 Å². The molecule has 1 rings (SSSR count). The van der Waals surface area contributed by atoms with Crippen molar-refractivity contribution in [2.24, 2.45) is 22.9 Å². The van der Waals surface area contributed by atoms with Crippen molar-refractivity contribution in [3.8, 4) is 0 Å². The van der Waals surface area contributed by atoms with E-state index in [4.69, 9.17) is 22.9 Å². The number of nitrogens with two attached hydrogens (primary N) is 4. The van der Waals surface area contributed by atoms with E-state index < -0.39 is 0 Å². The molecule has 1 aliphatic rings. The molecule has 0 amide bonds. The van der Waals surface area contributed by atoms with Gasteiger partial charge in [-0.05, 0) is 0 Å². The standard InChI is InChI=1S/C6H14N4/c7-3-1-2-4(8)6(10)5(3)9/h1-6H,7-10H2. The minimum atomic E-state index is -0.208. The molecule has 4 heteroatoms. The van der Waals surface area contributed by atoms with Crippen LogP contribution in [-0.2, 0) is 0 Å². The van der Waals surface area contributed by atoms with Gasteiger partial charge in [0.1, 0.15) is 0 Å². The van der Waals surface area contributed by atoms with Crippen molar-refractivity contribution in [2.45, 2.75) is 24.2 Å². The minimum absolute atomic E-state index is 0.144. The Morgan fingerprint density at radius 3 is 1.30 bits per heavy atom. The van der Waals surface area contributed by atoms with E-state index in [2.05, 4.69) is 0 Å². The van der Waals surface area contributed by atoms with Gasteiger partial charge in [-0.25, -0.2) is 0 Å². The first-order valence-electron chi connectivity index (χ1n) is 3.33. The van der Waals surface area contributed by atoms with Crippen molar-refractivity contribution in [3.05, 3.63) is 12.2 Å². The Morgan fingerprint density at radius 2 is 1.00 bits per heavy atom. The predicted octanol–water partition coefficient (Wildman–Crippen LogP) is -2.13. The van der Waals surface area contributed by atoms with Crippen molar-refractivity contribution >= 4 is 0 Å². The quantitative estimate of drug-likeness (QED) is 0.290. The molecule has 10 heavy (non-hydrogen) atoms. The molecule has 0 spiro atoms. The SMILES string of the molecule is NC1C=CC(N)C(N)C1N. The highest BCUT2D eigenvalue weighted by Gasteiger charge is 2.26. The minimum Gasteiger partial charge on any atom is -0.325 e. The normalized spacial score (nSPS) is 47.6. The fourth-order valence-corrected chi connectivity index (χ4v) is 1.03. The average Bonchev–Trinajstić information content (AvgIpc) is 1.93. The van der Waals surface area contributed by atoms with E-state index in [1.165, 1.54) is 0 Å². The van der Waals surface area contributed by atoms with Crippen molar-refractivity contribution < 1.29 is 0 Å². The monoisotopic (exact) mass is 142 g/mol. The van der Waals surface area contributed by atoms with Crippen LogP contribution >= 0.6 is 0 Å². The van der Waals surface area contributed by atoms with Crippen molar-refractivity contribution in [3.63, 3.8) is 0 Å². The lowest BCUT2D eigenvalue weighted by Crippen LogP contribution is -2.61. The first kappa shape index (κ1) is 7.68. The van der Waals surface area contributed by atoms with E-state index in [1.807, 2.05) is 0 Å². The molecule has 0 saturated carbocycles. The van der Waals surface area contributed by atoms with Gasteiger partial charge in [0.2, 0.25) is 0 Å². The van der Waals surface area contributed by atoms with E-state index in [1.54, 1.807) is 12.2 Å². The Morgan fingerprint density at radius 1 is 0.700 bits per heavy atom. The molecule has 0 fully saturated rings. The van der Waals surface area contributed by atoms with Crippen LogP contribution in [0.3, 0.4) is 0 Å². The second-order valence-corrected chi connectivity index (χ2v) is 2.69. The zero-order valence-corrected chi connectivity index (χ0v) is 5.77. The lowest BCUT2D eigenvalue weighted by Gasteiger charge is -2.30. The van der Waals surface area contributed by atoms with Crippen LogP contribution in [0.5, 0.6) is 0 Å². The summed E-state index contributed by atoms with van der Waals surface area (Å²) in [6.45, 7) is 0. The zero-order chi connectivity index (χ0) is 7.72. The van der Waals surface area contributed by atoms with Gasteiger partial charge in [-0.1, -0.05) is 12.2 Å². The van der Waals surface area contributed by atoms with E-state index in [9.17, 15) is 0 Å². The Labute approximate surface area is 60.2 Å². The summed E-state index contributed by atoms with van der Waals surface area (Å²) < 4.78 is 0. The topological polar surface area (TPSA) is 104 Å². The van der Waals surface area contributed by atoms with E-state index in [0.717, 1.165) is 0 Å². The molecule has 4 atom stereocenters. The third-order valence-corrected chi connectivity index (χ3v) is 1.89. The Bertz CT molecular complexity index is 129. The lowest BCUT2D eigenvalue weighted by molar-refractivity contribution is 0.434. The van der Waals surface area contributed by atoms with Crippen LogP contribution in [0.25, 0.3) is 0 Å². The van der Waals surface area contributed by atoms with Gasteiger partial charge in [-0.3, -0.25) is 0 Å². The predicted molar refractivity (Wildman–Crippen MR) is 41.0 cm³/mol. The molecule has 0 aliphatic heterocycles. The average molecular weight is 142 g/mol. The highest BCUT2D eigenvalue weighted by atomic mass is 14.9. The second-order valence-electron chi connectivity index (χ2n) is 2.69. The van der Waals surface area contributed by atoms with Gasteiger partial charge in [0.15, 0.2) is 0 Å². The fraction of sp³-hybridized carbons (Fsp3) is 0.667. The van der Waals surface area contributed by atoms with E-state index in [-0.39, 0.29) is 24.2 Å². The molecule has 0 radical (unpaired) electrons. The third-order valence-electron chi connectivity index (χ3n) is 1.89. The highest BCUT2D eigenvalue weighted by molar-refractivity contribution is 5.14. The van der Waals surface area contributed by atoms with Crippen molar-refractivity contribution in [1.29, 1.82) is 0 Å². The van der Waals surface area contributed by atoms with Crippen molar-refractivity contribution in [1.82, 2.24) is 0 Å². The van der Waals surface area contributed by atoms with E-state index in [0.29, 0.717) is 0 Å². The maximum absolute atomic E-state index is 5.63. The molecular formula is C6H14N4. The van der Waals surface area contributed by atoms with Gasteiger partial charge >= 0.3 is 0 Å². The van der Waals surface area contributed by atoms with Gasteiger partial charge in [0.25, 0.3) is 0 Å². The van der Waals surface area contributed by atoms with Gasteiger partial charge in [0.05, 0.1) is 0 Å². The summed E-state index contributed by atoms with van der Waals surface area (Å²) in [4.78, 5) is 0. The molecule has 0 saturated heterocycles. The molecule has 4 unspecified atom stereocenters. The smallest absolute Gasteiger partial charge is 0.0401 e. The van der Waals surface area contributed by atoms with E-state index >= 15 is 0 Å². The molecular weight excluding hydrogens is 128 g/mol. The third kappa shape index (κ3) is 1.19. The van der Waals surface area contributed by atoms with Gasteiger partial charge in [-0.2, -0.15) is 0 Å². The molecule has 1 aliphatic carbocycles. The summed E-state index contributed by atoms with van der Waals surface area (Å²) in [5, 5.41) is 0. The summed E-state index contributed by atoms with van der Waals surface area (Å²) in [6, 6.07) is -0.704. The number of hydrogen-bond acceptors (Lipinski definition) is 4. The molecule has 0 aromatic heterocycles. The summed E-state index contributed by atoms with van der Waals surface area (Å²) in [5.74, 6) is 0. The van der Waals surface area contributed by atoms with Gasteiger partial charge in [0, 0.05) is 24.2 Å². The summed E-state index contributed by atoms with van der Waals surface area (Å²) >= 11 is 0. The number of hydrogen-bond donors (Lipinski definition) is 4. The largest absolute Gasteiger partial charge is 0.325 e. The summed E-state index contributed by atoms with van der Waals surface area (Å²) in [7, 11) is 0. The van der Waals surface area contributed by atoms with Crippen LogP contribution < -0.4 is 22.9 Å². The molecule has 0 aromatic rings. The fourth-order valence-electron chi connectivity index (χ4n) is 1.03. The lowest BCUT2D eigenvalue weighted by atomic mass is 9.90.